The maximum Gasteiger partial charge on any atom is 0.220 e. The third-order valence-electron chi connectivity index (χ3n) is 3.92. The highest BCUT2D eigenvalue weighted by atomic mass is 16.1. The monoisotopic (exact) mass is 276 g/mol. The summed E-state index contributed by atoms with van der Waals surface area (Å²) < 4.78 is 0. The molecule has 0 spiro atoms. The van der Waals surface area contributed by atoms with Gasteiger partial charge in [-0.3, -0.25) is 4.79 Å². The van der Waals surface area contributed by atoms with Crippen LogP contribution >= 0.6 is 0 Å². The molecule has 1 aromatic rings. The van der Waals surface area contributed by atoms with Gasteiger partial charge in [0.15, 0.2) is 0 Å². The van der Waals surface area contributed by atoms with Crippen LogP contribution in [0, 0.1) is 6.92 Å². The van der Waals surface area contributed by atoms with Crippen molar-refractivity contribution in [2.45, 2.75) is 45.6 Å². The first-order valence-electron chi connectivity index (χ1n) is 7.31. The van der Waals surface area contributed by atoms with Crippen molar-refractivity contribution in [2.24, 2.45) is 0 Å². The van der Waals surface area contributed by atoms with E-state index in [1.165, 1.54) is 11.1 Å². The zero-order chi connectivity index (χ0) is 15.2. The maximum atomic E-state index is 11.8. The second-order valence-corrected chi connectivity index (χ2v) is 6.32. The predicted octanol–water partition coefficient (Wildman–Crippen LogP) is 2.77. The summed E-state index contributed by atoms with van der Waals surface area (Å²) in [6.07, 6.45) is 2.46. The highest BCUT2D eigenvalue weighted by Gasteiger charge is 2.20. The van der Waals surface area contributed by atoms with Crippen LogP contribution in [-0.2, 0) is 11.2 Å². The Morgan fingerprint density at radius 2 is 1.80 bits per heavy atom. The quantitative estimate of drug-likeness (QED) is 0.830. The molecule has 0 atom stereocenters. The molecule has 0 fully saturated rings. The van der Waals surface area contributed by atoms with E-state index in [2.05, 4.69) is 55.3 Å². The standard InChI is InChI=1S/C17H28N2O/c1-14-9-11-15(12-10-14)7-6-8-16(20)18-13-17(2,3)19(4)5/h9-12H,6-8,13H2,1-5H3,(H,18,20). The van der Waals surface area contributed by atoms with E-state index in [9.17, 15) is 4.79 Å². The summed E-state index contributed by atoms with van der Waals surface area (Å²) in [5.41, 5.74) is 2.57. The summed E-state index contributed by atoms with van der Waals surface area (Å²) in [6, 6.07) is 8.52. The normalized spacial score (nSPS) is 11.7. The number of hydrogen-bond acceptors (Lipinski definition) is 2. The van der Waals surface area contributed by atoms with E-state index in [-0.39, 0.29) is 11.4 Å². The summed E-state index contributed by atoms with van der Waals surface area (Å²) in [6.45, 7) is 7.02. The summed E-state index contributed by atoms with van der Waals surface area (Å²) in [5, 5.41) is 3.02. The number of amides is 1. The van der Waals surface area contributed by atoms with Crippen molar-refractivity contribution in [1.29, 1.82) is 0 Å². The van der Waals surface area contributed by atoms with Crippen molar-refractivity contribution < 1.29 is 4.79 Å². The van der Waals surface area contributed by atoms with Crippen molar-refractivity contribution in [3.63, 3.8) is 0 Å². The van der Waals surface area contributed by atoms with Gasteiger partial charge in [-0.2, -0.15) is 0 Å². The van der Waals surface area contributed by atoms with E-state index in [0.29, 0.717) is 13.0 Å². The van der Waals surface area contributed by atoms with Crippen LogP contribution in [0.1, 0.15) is 37.8 Å². The number of nitrogens with one attached hydrogen (secondary N) is 1. The zero-order valence-corrected chi connectivity index (χ0v) is 13.5. The van der Waals surface area contributed by atoms with Gasteiger partial charge < -0.3 is 10.2 Å². The van der Waals surface area contributed by atoms with E-state index in [1.54, 1.807) is 0 Å². The Morgan fingerprint density at radius 3 is 2.35 bits per heavy atom. The first-order chi connectivity index (χ1) is 9.31. The highest BCUT2D eigenvalue weighted by molar-refractivity contribution is 5.75. The molecule has 0 heterocycles. The first kappa shape index (κ1) is 16.7. The number of likely N-dealkylation sites (N-methyl/N-ethyl adjacent to an activating group) is 1. The number of aryl methyl sites for hydroxylation is 2. The number of carbonyl (C=O) groups excluding carboxylic acids is 1. The van der Waals surface area contributed by atoms with Crippen LogP contribution in [0.2, 0.25) is 0 Å². The zero-order valence-electron chi connectivity index (χ0n) is 13.5. The number of carbonyl (C=O) groups is 1. The van der Waals surface area contributed by atoms with E-state index in [1.807, 2.05) is 14.1 Å². The third kappa shape index (κ3) is 5.74. The minimum atomic E-state index is -0.00732. The van der Waals surface area contributed by atoms with Crippen LogP contribution in [0.3, 0.4) is 0 Å². The first-order valence-corrected chi connectivity index (χ1v) is 7.31. The van der Waals surface area contributed by atoms with Gasteiger partial charge >= 0.3 is 0 Å². The molecule has 0 saturated carbocycles. The fourth-order valence-corrected chi connectivity index (χ4v) is 1.77. The predicted molar refractivity (Wildman–Crippen MR) is 84.9 cm³/mol. The Bertz CT molecular complexity index is 421. The molecule has 112 valence electrons. The van der Waals surface area contributed by atoms with Crippen molar-refractivity contribution in [3.8, 4) is 0 Å². The van der Waals surface area contributed by atoms with Gasteiger partial charge in [0.2, 0.25) is 5.91 Å². The average molecular weight is 276 g/mol. The molecule has 0 radical (unpaired) electrons. The topological polar surface area (TPSA) is 32.3 Å². The third-order valence-corrected chi connectivity index (χ3v) is 3.92. The van der Waals surface area contributed by atoms with Crippen LogP contribution in [0.5, 0.6) is 0 Å². The molecule has 3 heteroatoms. The van der Waals surface area contributed by atoms with Gasteiger partial charge in [-0.05, 0) is 53.3 Å². The lowest BCUT2D eigenvalue weighted by molar-refractivity contribution is -0.121. The minimum Gasteiger partial charge on any atom is -0.354 e. The molecule has 1 N–H and O–H groups in total. The Kier molecular flexibility index (Phi) is 6.21. The summed E-state index contributed by atoms with van der Waals surface area (Å²) >= 11 is 0. The molecule has 1 aromatic carbocycles. The lowest BCUT2D eigenvalue weighted by atomic mass is 10.0. The number of benzene rings is 1. The molecule has 0 aliphatic heterocycles. The molecule has 1 amide bonds. The Labute approximate surface area is 123 Å². The van der Waals surface area contributed by atoms with E-state index >= 15 is 0 Å². The van der Waals surface area contributed by atoms with E-state index in [0.717, 1.165) is 12.8 Å². The lowest BCUT2D eigenvalue weighted by Crippen LogP contribution is -2.48. The number of hydrogen-bond donors (Lipinski definition) is 1. The molecular formula is C17H28N2O. The largest absolute Gasteiger partial charge is 0.354 e. The van der Waals surface area contributed by atoms with Crippen molar-refractivity contribution in [1.82, 2.24) is 10.2 Å². The van der Waals surface area contributed by atoms with Crippen LogP contribution in [0.15, 0.2) is 24.3 Å². The molecule has 0 aromatic heterocycles. The van der Waals surface area contributed by atoms with Gasteiger partial charge in [0.25, 0.3) is 0 Å². The highest BCUT2D eigenvalue weighted by Crippen LogP contribution is 2.09. The van der Waals surface area contributed by atoms with Crippen LogP contribution < -0.4 is 5.32 Å². The molecule has 0 saturated heterocycles. The lowest BCUT2D eigenvalue weighted by Gasteiger charge is -2.32. The van der Waals surface area contributed by atoms with Crippen molar-refractivity contribution >= 4 is 5.91 Å². The van der Waals surface area contributed by atoms with Crippen molar-refractivity contribution in [3.05, 3.63) is 35.4 Å². The second kappa shape index (κ2) is 7.44. The fourth-order valence-electron chi connectivity index (χ4n) is 1.77. The SMILES string of the molecule is Cc1ccc(CCCC(=O)NCC(C)(C)N(C)C)cc1. The smallest absolute Gasteiger partial charge is 0.220 e. The summed E-state index contributed by atoms with van der Waals surface area (Å²) in [7, 11) is 4.06. The summed E-state index contributed by atoms with van der Waals surface area (Å²) in [4.78, 5) is 14.0. The molecule has 0 unspecified atom stereocenters. The van der Waals surface area contributed by atoms with Gasteiger partial charge in [-0.1, -0.05) is 29.8 Å². The Balaban J connectivity index is 2.25. The molecular weight excluding hydrogens is 248 g/mol. The minimum absolute atomic E-state index is 0.00732. The van der Waals surface area contributed by atoms with Crippen LogP contribution in [0.4, 0.5) is 0 Å². The van der Waals surface area contributed by atoms with Gasteiger partial charge in [-0.25, -0.2) is 0 Å². The van der Waals surface area contributed by atoms with Gasteiger partial charge in [0.05, 0.1) is 0 Å². The van der Waals surface area contributed by atoms with Crippen molar-refractivity contribution in [2.75, 3.05) is 20.6 Å². The molecule has 0 aliphatic rings. The molecule has 3 nitrogen and oxygen atoms in total. The summed E-state index contributed by atoms with van der Waals surface area (Å²) in [5.74, 6) is 0.145. The molecule has 0 aliphatic carbocycles. The van der Waals surface area contributed by atoms with Gasteiger partial charge in [0.1, 0.15) is 0 Å². The van der Waals surface area contributed by atoms with Crippen LogP contribution in [-0.4, -0.2) is 37.0 Å². The molecule has 1 rings (SSSR count). The van der Waals surface area contributed by atoms with Gasteiger partial charge in [-0.15, -0.1) is 0 Å². The van der Waals surface area contributed by atoms with E-state index in [4.69, 9.17) is 0 Å². The maximum absolute atomic E-state index is 11.8. The fraction of sp³-hybridized carbons (Fsp3) is 0.588. The average Bonchev–Trinajstić information content (AvgIpc) is 2.39. The Hall–Kier alpha value is -1.35. The molecule has 20 heavy (non-hydrogen) atoms. The molecule has 0 bridgehead atoms. The number of rotatable bonds is 7. The number of nitrogens with zero attached hydrogens (tertiary/aromatic N) is 1. The van der Waals surface area contributed by atoms with Gasteiger partial charge in [0, 0.05) is 18.5 Å². The van der Waals surface area contributed by atoms with E-state index < -0.39 is 0 Å². The van der Waals surface area contributed by atoms with Crippen LogP contribution in [0.25, 0.3) is 0 Å². The second-order valence-electron chi connectivity index (χ2n) is 6.32. The Morgan fingerprint density at radius 1 is 1.20 bits per heavy atom.